The lowest BCUT2D eigenvalue weighted by molar-refractivity contribution is -0.131. The van der Waals surface area contributed by atoms with Crippen molar-refractivity contribution in [3.8, 4) is 0 Å². The number of carboxylic acids is 1. The Kier molecular flexibility index (Phi) is 2.56. The summed E-state index contributed by atoms with van der Waals surface area (Å²) in [6.07, 6.45) is 1.45. The summed E-state index contributed by atoms with van der Waals surface area (Å²) in [7, 11) is 0. The third-order valence-corrected chi connectivity index (χ3v) is 4.25. The zero-order valence-corrected chi connectivity index (χ0v) is 9.29. The molecule has 0 saturated heterocycles. The zero-order valence-electron chi connectivity index (χ0n) is 7.72. The molecule has 1 rings (SSSR count). The van der Waals surface area contributed by atoms with Crippen LogP contribution < -0.4 is 5.32 Å². The quantitative estimate of drug-likeness (QED) is 0.527. The van der Waals surface area contributed by atoms with E-state index in [-0.39, 0.29) is 10.3 Å². The summed E-state index contributed by atoms with van der Waals surface area (Å²) in [6.45, 7) is 5.87. The summed E-state index contributed by atoms with van der Waals surface area (Å²) in [5, 5.41) is 11.6. The van der Waals surface area contributed by atoms with E-state index in [1.807, 2.05) is 20.8 Å². The molecule has 0 fully saturated rings. The highest BCUT2D eigenvalue weighted by Crippen LogP contribution is 2.49. The molecule has 3 nitrogen and oxygen atoms in total. The summed E-state index contributed by atoms with van der Waals surface area (Å²) in [4.78, 5) is 10.9. The van der Waals surface area contributed by atoms with Crippen molar-refractivity contribution in [2.45, 2.75) is 25.1 Å². The predicted molar refractivity (Wildman–Crippen MR) is 54.5 cm³/mol. The summed E-state index contributed by atoms with van der Waals surface area (Å²) >= 11 is 7.37. The van der Waals surface area contributed by atoms with E-state index in [1.54, 1.807) is 0 Å². The van der Waals surface area contributed by atoms with Crippen LogP contribution >= 0.6 is 23.4 Å². The molecule has 1 aliphatic rings. The Morgan fingerprint density at radius 1 is 1.69 bits per heavy atom. The van der Waals surface area contributed by atoms with E-state index in [4.69, 9.17) is 16.7 Å². The summed E-state index contributed by atoms with van der Waals surface area (Å²) in [5.41, 5.74) is -0.215. The highest BCUT2D eigenvalue weighted by molar-refractivity contribution is 8.06. The van der Waals surface area contributed by atoms with E-state index >= 15 is 0 Å². The van der Waals surface area contributed by atoms with Gasteiger partial charge in [-0.15, -0.1) is 0 Å². The van der Waals surface area contributed by atoms with Crippen LogP contribution in [0.2, 0.25) is 0 Å². The van der Waals surface area contributed by atoms with Crippen LogP contribution in [0.25, 0.3) is 0 Å². The minimum Gasteiger partial charge on any atom is -0.477 e. The van der Waals surface area contributed by atoms with Crippen LogP contribution in [-0.2, 0) is 4.79 Å². The lowest BCUT2D eigenvalue weighted by Gasteiger charge is -2.35. The van der Waals surface area contributed by atoms with Gasteiger partial charge in [0, 0.05) is 11.6 Å². The fourth-order valence-corrected chi connectivity index (χ4v) is 2.08. The molecule has 0 radical (unpaired) electrons. The Balaban J connectivity index is 2.79. The van der Waals surface area contributed by atoms with Gasteiger partial charge in [0.15, 0.2) is 4.33 Å². The summed E-state index contributed by atoms with van der Waals surface area (Å²) in [6, 6.07) is 0. The number of carbonyl (C=O) groups is 1. The van der Waals surface area contributed by atoms with E-state index < -0.39 is 10.3 Å². The number of thioether (sulfide) groups is 1. The molecule has 0 aliphatic carbocycles. The lowest BCUT2D eigenvalue weighted by atomic mass is 9.96. The minimum atomic E-state index is -0.940. The second-order valence-corrected chi connectivity index (χ2v) is 5.95. The van der Waals surface area contributed by atoms with Crippen molar-refractivity contribution in [3.05, 3.63) is 11.1 Å². The van der Waals surface area contributed by atoms with Crippen molar-refractivity contribution >= 4 is 29.3 Å². The zero-order chi connectivity index (χ0) is 10.3. The number of hydrogen-bond acceptors (Lipinski definition) is 3. The number of carboxylic acid groups (broad SMARTS) is 1. The second-order valence-electron chi connectivity index (χ2n) is 3.91. The molecule has 1 heterocycles. The maximum atomic E-state index is 10.6. The molecule has 0 saturated carbocycles. The first-order chi connectivity index (χ1) is 5.76. The molecule has 0 aromatic carbocycles. The third-order valence-electron chi connectivity index (χ3n) is 1.81. The number of halogens is 1. The molecule has 0 bridgehead atoms. The van der Waals surface area contributed by atoms with Crippen molar-refractivity contribution in [1.29, 1.82) is 0 Å². The van der Waals surface area contributed by atoms with Gasteiger partial charge in [-0.25, -0.2) is 4.79 Å². The molecular formula is C8H12ClNO2S. The number of nitrogens with one attached hydrogen (secondary N) is 1. The van der Waals surface area contributed by atoms with Crippen molar-refractivity contribution < 1.29 is 9.90 Å². The van der Waals surface area contributed by atoms with Gasteiger partial charge >= 0.3 is 5.97 Å². The standard InChI is InChI=1S/C8H12ClNO2S/c1-7(2,3)8(9)10-4-5(13-8)6(11)12/h4,10H,1-3H3,(H,11,12). The fourth-order valence-electron chi connectivity index (χ4n) is 0.844. The Morgan fingerprint density at radius 3 is 2.46 bits per heavy atom. The van der Waals surface area contributed by atoms with Gasteiger partial charge in [-0.2, -0.15) is 0 Å². The molecule has 5 heteroatoms. The molecule has 0 amide bonds. The number of aliphatic carboxylic acids is 1. The second kappa shape index (κ2) is 3.10. The smallest absolute Gasteiger partial charge is 0.343 e. The topological polar surface area (TPSA) is 49.3 Å². The van der Waals surface area contributed by atoms with Crippen molar-refractivity contribution in [1.82, 2.24) is 5.32 Å². The van der Waals surface area contributed by atoms with E-state index in [0.29, 0.717) is 0 Å². The minimum absolute atomic E-state index is 0.215. The monoisotopic (exact) mass is 221 g/mol. The van der Waals surface area contributed by atoms with Gasteiger partial charge in [-0.05, 0) is 0 Å². The SMILES string of the molecule is CC(C)(C)C1(Cl)NC=C(C(=O)O)S1. The Labute approximate surface area is 86.5 Å². The average molecular weight is 222 g/mol. The molecule has 0 aromatic heterocycles. The van der Waals surface area contributed by atoms with Crippen molar-refractivity contribution in [2.75, 3.05) is 0 Å². The maximum absolute atomic E-state index is 10.6. The molecule has 13 heavy (non-hydrogen) atoms. The van der Waals surface area contributed by atoms with Gasteiger partial charge in [-0.1, -0.05) is 44.1 Å². The number of rotatable bonds is 1. The molecule has 0 aromatic rings. The van der Waals surface area contributed by atoms with Crippen LogP contribution in [0.15, 0.2) is 11.1 Å². The van der Waals surface area contributed by atoms with Crippen LogP contribution in [0.1, 0.15) is 20.8 Å². The van der Waals surface area contributed by atoms with E-state index in [2.05, 4.69) is 5.32 Å². The fraction of sp³-hybridized carbons (Fsp3) is 0.625. The number of alkyl halides is 1. The molecule has 1 atom stereocenters. The van der Waals surface area contributed by atoms with Gasteiger partial charge in [0.1, 0.15) is 4.91 Å². The van der Waals surface area contributed by atoms with E-state index in [1.165, 1.54) is 6.20 Å². The molecular weight excluding hydrogens is 210 g/mol. The van der Waals surface area contributed by atoms with Gasteiger partial charge in [-0.3, -0.25) is 0 Å². The van der Waals surface area contributed by atoms with Crippen molar-refractivity contribution in [3.63, 3.8) is 0 Å². The Bertz CT molecular complexity index is 272. The first kappa shape index (κ1) is 10.7. The van der Waals surface area contributed by atoms with Crippen LogP contribution in [0, 0.1) is 5.41 Å². The molecule has 74 valence electrons. The highest BCUT2D eigenvalue weighted by Gasteiger charge is 2.45. The van der Waals surface area contributed by atoms with E-state index in [0.717, 1.165) is 11.8 Å². The van der Waals surface area contributed by atoms with Crippen LogP contribution in [0.4, 0.5) is 0 Å². The first-order valence-corrected chi connectivity index (χ1v) is 5.05. The molecule has 1 aliphatic heterocycles. The van der Waals surface area contributed by atoms with Crippen LogP contribution in [0.5, 0.6) is 0 Å². The van der Waals surface area contributed by atoms with Crippen LogP contribution in [-0.4, -0.2) is 15.4 Å². The van der Waals surface area contributed by atoms with Gasteiger partial charge in [0.05, 0.1) is 0 Å². The summed E-state index contributed by atoms with van der Waals surface area (Å²) in [5.74, 6) is -0.940. The Morgan fingerprint density at radius 2 is 2.23 bits per heavy atom. The van der Waals surface area contributed by atoms with Gasteiger partial charge in [0.25, 0.3) is 0 Å². The summed E-state index contributed by atoms with van der Waals surface area (Å²) < 4.78 is -0.749. The molecule has 1 unspecified atom stereocenters. The largest absolute Gasteiger partial charge is 0.477 e. The van der Waals surface area contributed by atoms with Gasteiger partial charge < -0.3 is 10.4 Å². The third kappa shape index (κ3) is 1.94. The maximum Gasteiger partial charge on any atom is 0.343 e. The van der Waals surface area contributed by atoms with Crippen LogP contribution in [0.3, 0.4) is 0 Å². The predicted octanol–water partition coefficient (Wildman–Crippen LogP) is 2.19. The van der Waals surface area contributed by atoms with Gasteiger partial charge in [0.2, 0.25) is 0 Å². The average Bonchev–Trinajstić information content (AvgIpc) is 2.31. The first-order valence-electron chi connectivity index (χ1n) is 3.85. The highest BCUT2D eigenvalue weighted by atomic mass is 35.5. The van der Waals surface area contributed by atoms with E-state index in [9.17, 15) is 4.79 Å². The Hall–Kier alpha value is -0.350. The molecule has 0 spiro atoms. The number of hydrogen-bond donors (Lipinski definition) is 2. The normalized spacial score (nSPS) is 28.2. The lowest BCUT2D eigenvalue weighted by Crippen LogP contribution is -2.42. The van der Waals surface area contributed by atoms with Crippen molar-refractivity contribution in [2.24, 2.45) is 5.41 Å². The molecule has 2 N–H and O–H groups in total.